The molecule has 1 fully saturated rings. The fourth-order valence-electron chi connectivity index (χ4n) is 5.39. The molecule has 2 aliphatic rings. The first-order chi connectivity index (χ1) is 16.3. The minimum atomic E-state index is -0.942. The molecular formula is C27H32N2O5. The van der Waals surface area contributed by atoms with Crippen LogP contribution in [0.25, 0.3) is 11.1 Å². The smallest absolute Gasteiger partial charge is 0.407 e. The Kier molecular flexibility index (Phi) is 6.91. The van der Waals surface area contributed by atoms with Gasteiger partial charge >= 0.3 is 12.1 Å². The van der Waals surface area contributed by atoms with Crippen molar-refractivity contribution in [2.24, 2.45) is 5.92 Å². The molecule has 0 radical (unpaired) electrons. The van der Waals surface area contributed by atoms with Crippen molar-refractivity contribution in [1.29, 1.82) is 0 Å². The number of amides is 2. The maximum atomic E-state index is 13.1. The molecule has 0 aromatic heterocycles. The van der Waals surface area contributed by atoms with Crippen LogP contribution in [0.2, 0.25) is 0 Å². The summed E-state index contributed by atoms with van der Waals surface area (Å²) in [4.78, 5) is 38.4. The van der Waals surface area contributed by atoms with Crippen LogP contribution in [0, 0.1) is 5.92 Å². The highest BCUT2D eigenvalue weighted by Crippen LogP contribution is 2.44. The molecule has 2 atom stereocenters. The Hall–Kier alpha value is -3.35. The van der Waals surface area contributed by atoms with Gasteiger partial charge in [-0.2, -0.15) is 0 Å². The number of hydrogen-bond acceptors (Lipinski definition) is 4. The second-order valence-corrected chi connectivity index (χ2v) is 9.57. The zero-order chi connectivity index (χ0) is 24.3. The van der Waals surface area contributed by atoms with Crippen LogP contribution >= 0.6 is 0 Å². The summed E-state index contributed by atoms with van der Waals surface area (Å²) in [7, 11) is 1.62. The van der Waals surface area contributed by atoms with Gasteiger partial charge in [-0.05, 0) is 42.0 Å². The predicted octanol–water partition coefficient (Wildman–Crippen LogP) is 4.41. The summed E-state index contributed by atoms with van der Waals surface area (Å²) in [6.45, 7) is 2.25. The van der Waals surface area contributed by atoms with E-state index >= 15 is 0 Å². The predicted molar refractivity (Wildman–Crippen MR) is 128 cm³/mol. The lowest BCUT2D eigenvalue weighted by atomic mass is 9.73. The van der Waals surface area contributed by atoms with Gasteiger partial charge < -0.3 is 20.1 Å². The first-order valence-corrected chi connectivity index (χ1v) is 11.9. The van der Waals surface area contributed by atoms with Crippen LogP contribution in [0.3, 0.4) is 0 Å². The lowest BCUT2D eigenvalue weighted by Gasteiger charge is -2.42. The average molecular weight is 465 g/mol. The molecule has 2 unspecified atom stereocenters. The number of alkyl carbamates (subject to hydrolysis) is 1. The summed E-state index contributed by atoms with van der Waals surface area (Å²) >= 11 is 0. The standard InChI is InChI=1S/C27H32N2O5/c1-27(15-8-7-13-23(27)25(32)29(2)16-14-24(30)31)28-26(33)34-17-22-20-11-5-3-9-18(20)19-10-4-6-12-21(19)22/h3-6,9-12,22-23H,7-8,13-17H2,1-2H3,(H,28,33)(H,30,31). The van der Waals surface area contributed by atoms with E-state index in [0.29, 0.717) is 12.8 Å². The summed E-state index contributed by atoms with van der Waals surface area (Å²) in [5, 5.41) is 11.9. The molecule has 1 saturated carbocycles. The summed E-state index contributed by atoms with van der Waals surface area (Å²) in [6, 6.07) is 16.4. The van der Waals surface area contributed by atoms with Gasteiger partial charge in [-0.1, -0.05) is 61.4 Å². The average Bonchev–Trinajstić information content (AvgIpc) is 3.14. The first-order valence-electron chi connectivity index (χ1n) is 11.9. The van der Waals surface area contributed by atoms with Crippen molar-refractivity contribution in [2.75, 3.05) is 20.2 Å². The quantitative estimate of drug-likeness (QED) is 0.633. The SMILES string of the molecule is CN(CCC(=O)O)C(=O)C1CCCCC1(C)NC(=O)OCC1c2ccccc2-c2ccccc21. The second-order valence-electron chi connectivity index (χ2n) is 9.57. The number of fused-ring (bicyclic) bond motifs is 3. The van der Waals surface area contributed by atoms with Crippen molar-refractivity contribution in [1.82, 2.24) is 10.2 Å². The molecule has 0 bridgehead atoms. The van der Waals surface area contributed by atoms with Gasteiger partial charge in [0.2, 0.25) is 5.91 Å². The number of nitrogens with one attached hydrogen (secondary N) is 1. The van der Waals surface area contributed by atoms with Gasteiger partial charge in [0.1, 0.15) is 6.61 Å². The van der Waals surface area contributed by atoms with E-state index in [1.54, 1.807) is 7.05 Å². The van der Waals surface area contributed by atoms with Gasteiger partial charge in [-0.25, -0.2) is 4.79 Å². The summed E-state index contributed by atoms with van der Waals surface area (Å²) in [5.41, 5.74) is 3.89. The maximum Gasteiger partial charge on any atom is 0.407 e. The normalized spacial score (nSPS) is 21.3. The van der Waals surface area contributed by atoms with E-state index in [1.165, 1.54) is 16.0 Å². The van der Waals surface area contributed by atoms with Crippen molar-refractivity contribution in [2.45, 2.75) is 50.5 Å². The van der Waals surface area contributed by atoms with Gasteiger partial charge in [-0.3, -0.25) is 9.59 Å². The van der Waals surface area contributed by atoms with E-state index < -0.39 is 23.5 Å². The lowest BCUT2D eigenvalue weighted by molar-refractivity contribution is -0.140. The van der Waals surface area contributed by atoms with Crippen LogP contribution in [-0.2, 0) is 14.3 Å². The van der Waals surface area contributed by atoms with E-state index in [-0.39, 0.29) is 31.4 Å². The molecule has 7 heteroatoms. The topological polar surface area (TPSA) is 95.9 Å². The van der Waals surface area contributed by atoms with Crippen LogP contribution in [0.4, 0.5) is 4.79 Å². The number of carbonyl (C=O) groups is 3. The molecular weight excluding hydrogens is 432 g/mol. The molecule has 34 heavy (non-hydrogen) atoms. The van der Waals surface area contributed by atoms with E-state index in [9.17, 15) is 14.4 Å². The molecule has 2 aromatic carbocycles. The Labute approximate surface area is 200 Å². The highest BCUT2D eigenvalue weighted by Gasteiger charge is 2.43. The van der Waals surface area contributed by atoms with Gasteiger partial charge in [0.15, 0.2) is 0 Å². The number of rotatable bonds is 7. The zero-order valence-corrected chi connectivity index (χ0v) is 19.8. The molecule has 0 aliphatic heterocycles. The van der Waals surface area contributed by atoms with Gasteiger partial charge in [0.25, 0.3) is 0 Å². The molecule has 2 aliphatic carbocycles. The Balaban J connectivity index is 1.42. The van der Waals surface area contributed by atoms with Gasteiger partial charge in [0.05, 0.1) is 17.9 Å². The van der Waals surface area contributed by atoms with Crippen LogP contribution in [0.15, 0.2) is 48.5 Å². The lowest BCUT2D eigenvalue weighted by Crippen LogP contribution is -2.57. The Morgan fingerprint density at radius 2 is 1.68 bits per heavy atom. The highest BCUT2D eigenvalue weighted by molar-refractivity contribution is 5.82. The van der Waals surface area contributed by atoms with Crippen molar-refractivity contribution in [3.05, 3.63) is 59.7 Å². The van der Waals surface area contributed by atoms with Crippen molar-refractivity contribution < 1.29 is 24.2 Å². The number of benzene rings is 2. The van der Waals surface area contributed by atoms with Crippen molar-refractivity contribution in [3.8, 4) is 11.1 Å². The Morgan fingerprint density at radius 3 is 2.29 bits per heavy atom. The molecule has 0 saturated heterocycles. The van der Waals surface area contributed by atoms with Gasteiger partial charge in [0, 0.05) is 19.5 Å². The van der Waals surface area contributed by atoms with Crippen LogP contribution in [0.1, 0.15) is 56.1 Å². The molecule has 2 amide bonds. The van der Waals surface area contributed by atoms with E-state index in [0.717, 1.165) is 24.0 Å². The van der Waals surface area contributed by atoms with E-state index in [4.69, 9.17) is 9.84 Å². The minimum absolute atomic E-state index is 0.0307. The third-order valence-electron chi connectivity index (χ3n) is 7.27. The zero-order valence-electron chi connectivity index (χ0n) is 19.8. The highest BCUT2D eigenvalue weighted by atomic mass is 16.5. The van der Waals surface area contributed by atoms with Crippen LogP contribution in [-0.4, -0.2) is 53.7 Å². The van der Waals surface area contributed by atoms with Crippen molar-refractivity contribution in [3.63, 3.8) is 0 Å². The largest absolute Gasteiger partial charge is 0.481 e. The van der Waals surface area contributed by atoms with Gasteiger partial charge in [-0.15, -0.1) is 0 Å². The number of carboxylic acids is 1. The number of carbonyl (C=O) groups excluding carboxylic acids is 2. The second kappa shape index (κ2) is 9.87. The molecule has 4 rings (SSSR count). The fourth-order valence-corrected chi connectivity index (χ4v) is 5.39. The molecule has 0 heterocycles. The van der Waals surface area contributed by atoms with Crippen LogP contribution in [0.5, 0.6) is 0 Å². The van der Waals surface area contributed by atoms with E-state index in [2.05, 4.69) is 29.6 Å². The van der Waals surface area contributed by atoms with E-state index in [1.807, 2.05) is 31.2 Å². The third-order valence-corrected chi connectivity index (χ3v) is 7.27. The summed E-state index contributed by atoms with van der Waals surface area (Å²) in [5.74, 6) is -1.53. The maximum absolute atomic E-state index is 13.1. The number of aliphatic carboxylic acids is 1. The monoisotopic (exact) mass is 464 g/mol. The van der Waals surface area contributed by atoms with Crippen LogP contribution < -0.4 is 5.32 Å². The number of ether oxygens (including phenoxy) is 1. The number of nitrogens with zero attached hydrogens (tertiary/aromatic N) is 1. The minimum Gasteiger partial charge on any atom is -0.481 e. The fraction of sp³-hybridized carbons (Fsp3) is 0.444. The summed E-state index contributed by atoms with van der Waals surface area (Å²) in [6.07, 6.45) is 2.48. The Bertz CT molecular complexity index is 1040. The molecule has 2 aromatic rings. The first kappa shape index (κ1) is 23.8. The molecule has 180 valence electrons. The summed E-state index contributed by atoms with van der Waals surface area (Å²) < 4.78 is 5.72. The third kappa shape index (κ3) is 4.79. The molecule has 7 nitrogen and oxygen atoms in total. The Morgan fingerprint density at radius 1 is 1.06 bits per heavy atom. The number of hydrogen-bond donors (Lipinski definition) is 2. The molecule has 0 spiro atoms. The number of carboxylic acid groups (broad SMARTS) is 1. The molecule has 2 N–H and O–H groups in total. The van der Waals surface area contributed by atoms with Crippen molar-refractivity contribution >= 4 is 18.0 Å².